The van der Waals surface area contributed by atoms with Crippen LogP contribution in [0.5, 0.6) is 0 Å². The summed E-state index contributed by atoms with van der Waals surface area (Å²) in [7, 11) is 0. The Balaban J connectivity index is 0.000000218. The van der Waals surface area contributed by atoms with Gasteiger partial charge in [-0.3, -0.25) is 4.98 Å². The van der Waals surface area contributed by atoms with E-state index >= 15 is 0 Å². The molecule has 0 unspecified atom stereocenters. The Morgan fingerprint density at radius 3 is 2.18 bits per heavy atom. The number of pyridine rings is 1. The van der Waals surface area contributed by atoms with E-state index in [4.69, 9.17) is 16.4 Å². The molecule has 0 saturated heterocycles. The Morgan fingerprint density at radius 2 is 2.00 bits per heavy atom. The molecule has 0 aliphatic heterocycles. The Labute approximate surface area is 78.7 Å². The van der Waals surface area contributed by atoms with Gasteiger partial charge in [-0.25, -0.2) is 0 Å². The Kier molecular flexibility index (Phi) is 7.41. The predicted octanol–water partition coefficient (Wildman–Crippen LogP) is 2.32. The zero-order valence-corrected chi connectivity index (χ0v) is 8.05. The molecule has 0 N–H and O–H groups in total. The summed E-state index contributed by atoms with van der Waals surface area (Å²) < 4.78 is 0. The predicted molar refractivity (Wildman–Crippen MR) is 49.1 cm³/mol. The van der Waals surface area contributed by atoms with Crippen molar-refractivity contribution >= 4 is 33.8 Å². The number of nitrogens with zero attached hydrogens (tertiary/aromatic N) is 1. The lowest BCUT2D eigenvalue weighted by Gasteiger charge is -1.79. The van der Waals surface area contributed by atoms with E-state index < -0.39 is 0 Å². The van der Waals surface area contributed by atoms with E-state index in [1.54, 1.807) is 24.5 Å². The van der Waals surface area contributed by atoms with E-state index in [1.165, 1.54) is 0 Å². The minimum absolute atomic E-state index is 0.451. The van der Waals surface area contributed by atoms with Crippen molar-refractivity contribution in [1.29, 1.82) is 0 Å². The first-order chi connectivity index (χ1) is 5.31. The Bertz CT molecular complexity index is 193. The fraction of sp³-hybridized carbons (Fsp3) is 0.143. The van der Waals surface area contributed by atoms with Gasteiger partial charge in [-0.1, -0.05) is 27.5 Å². The molecule has 0 aliphatic rings. The van der Waals surface area contributed by atoms with Gasteiger partial charge < -0.3 is 4.79 Å². The molecule has 1 aromatic heterocycles. The minimum Gasteiger partial charge on any atom is -0.302 e. The monoisotopic (exact) mass is 235 g/mol. The normalized spacial score (nSPS) is 7.82. The molecule has 2 nitrogen and oxygen atoms in total. The maximum Gasteiger partial charge on any atom is 0.130 e. The molecule has 0 spiro atoms. The smallest absolute Gasteiger partial charge is 0.130 e. The van der Waals surface area contributed by atoms with Crippen LogP contribution in [0.2, 0.25) is 5.02 Å². The number of hydrogen-bond acceptors (Lipinski definition) is 2. The van der Waals surface area contributed by atoms with Crippen LogP contribution in [0.25, 0.3) is 0 Å². The highest BCUT2D eigenvalue weighted by atomic mass is 79.9. The summed E-state index contributed by atoms with van der Waals surface area (Å²) in [5, 5.41) is 1.18. The highest BCUT2D eigenvalue weighted by molar-refractivity contribution is 9.09. The van der Waals surface area contributed by atoms with Crippen molar-refractivity contribution in [2.75, 3.05) is 5.33 Å². The third-order valence-corrected chi connectivity index (χ3v) is 1.22. The number of aromatic nitrogens is 1. The number of halogens is 2. The molecule has 0 aromatic carbocycles. The van der Waals surface area contributed by atoms with Crippen LogP contribution in [-0.4, -0.2) is 16.6 Å². The molecule has 60 valence electrons. The van der Waals surface area contributed by atoms with Crippen LogP contribution in [0, 0.1) is 0 Å². The summed E-state index contributed by atoms with van der Waals surface area (Å²) in [6.45, 7) is 0. The first-order valence-corrected chi connectivity index (χ1v) is 4.36. The van der Waals surface area contributed by atoms with Gasteiger partial charge in [-0.05, 0) is 12.1 Å². The van der Waals surface area contributed by atoms with Crippen molar-refractivity contribution in [3.8, 4) is 0 Å². The van der Waals surface area contributed by atoms with Crippen LogP contribution in [0.15, 0.2) is 24.5 Å². The maximum absolute atomic E-state index is 9.13. The van der Waals surface area contributed by atoms with Crippen molar-refractivity contribution in [1.82, 2.24) is 4.98 Å². The number of carbonyl (C=O) groups excluding carboxylic acids is 1. The van der Waals surface area contributed by atoms with Gasteiger partial charge in [0.05, 0.1) is 5.33 Å². The van der Waals surface area contributed by atoms with Gasteiger partial charge in [0.2, 0.25) is 0 Å². The second-order valence-corrected chi connectivity index (χ2v) is 2.57. The molecule has 1 rings (SSSR count). The number of carbonyl (C=O) groups is 1. The second-order valence-electron chi connectivity index (χ2n) is 1.49. The molecule has 0 fully saturated rings. The first-order valence-electron chi connectivity index (χ1n) is 2.86. The van der Waals surface area contributed by atoms with Gasteiger partial charge in [-0.2, -0.15) is 0 Å². The zero-order chi connectivity index (χ0) is 8.53. The van der Waals surface area contributed by atoms with Crippen molar-refractivity contribution in [2.24, 2.45) is 0 Å². The van der Waals surface area contributed by atoms with E-state index in [1.807, 2.05) is 0 Å². The van der Waals surface area contributed by atoms with Crippen molar-refractivity contribution in [3.63, 3.8) is 0 Å². The largest absolute Gasteiger partial charge is 0.302 e. The van der Waals surface area contributed by atoms with Crippen molar-refractivity contribution in [3.05, 3.63) is 29.5 Å². The van der Waals surface area contributed by atoms with E-state index in [2.05, 4.69) is 20.9 Å². The number of aldehydes is 1. The third kappa shape index (κ3) is 7.49. The van der Waals surface area contributed by atoms with Gasteiger partial charge in [0, 0.05) is 17.4 Å². The highest BCUT2D eigenvalue weighted by Gasteiger charge is 1.75. The van der Waals surface area contributed by atoms with Crippen LogP contribution in [0.3, 0.4) is 0 Å². The molecule has 0 radical (unpaired) electrons. The molecule has 0 atom stereocenters. The summed E-state index contributed by atoms with van der Waals surface area (Å²) in [6, 6.07) is 3.48. The summed E-state index contributed by atoms with van der Waals surface area (Å²) in [4.78, 5) is 12.9. The molecule has 0 amide bonds. The lowest BCUT2D eigenvalue weighted by atomic mass is 10.5. The Hall–Kier alpha value is -0.410. The fourth-order valence-electron chi connectivity index (χ4n) is 0.334. The zero-order valence-electron chi connectivity index (χ0n) is 5.71. The summed E-state index contributed by atoms with van der Waals surface area (Å²) in [5.74, 6) is 0. The van der Waals surface area contributed by atoms with E-state index in [-0.39, 0.29) is 0 Å². The number of alkyl halides is 1. The van der Waals surface area contributed by atoms with Crippen LogP contribution in [0.1, 0.15) is 0 Å². The molecule has 1 aromatic rings. The van der Waals surface area contributed by atoms with Crippen molar-refractivity contribution in [2.45, 2.75) is 0 Å². The minimum atomic E-state index is 0.451. The van der Waals surface area contributed by atoms with Crippen molar-refractivity contribution < 1.29 is 4.79 Å². The van der Waals surface area contributed by atoms with Crippen LogP contribution in [0.4, 0.5) is 0 Å². The molecule has 4 heteroatoms. The maximum atomic E-state index is 9.13. The van der Waals surface area contributed by atoms with Crippen LogP contribution < -0.4 is 0 Å². The topological polar surface area (TPSA) is 30.0 Å². The van der Waals surface area contributed by atoms with E-state index in [0.717, 1.165) is 11.3 Å². The molecule has 1 heterocycles. The first kappa shape index (κ1) is 10.6. The van der Waals surface area contributed by atoms with Gasteiger partial charge in [0.25, 0.3) is 0 Å². The highest BCUT2D eigenvalue weighted by Crippen LogP contribution is 2.01. The SMILES string of the molecule is Clc1ccncc1.O=CCBr. The Morgan fingerprint density at radius 1 is 1.55 bits per heavy atom. The summed E-state index contributed by atoms with van der Waals surface area (Å²) in [5.41, 5.74) is 0. The van der Waals surface area contributed by atoms with Gasteiger partial charge >= 0.3 is 0 Å². The lowest BCUT2D eigenvalue weighted by molar-refractivity contribution is -0.105. The molecule has 0 bridgehead atoms. The van der Waals surface area contributed by atoms with E-state index in [9.17, 15) is 0 Å². The van der Waals surface area contributed by atoms with Crippen LogP contribution >= 0.6 is 27.5 Å². The average Bonchev–Trinajstić information content (AvgIpc) is 2.07. The summed E-state index contributed by atoms with van der Waals surface area (Å²) >= 11 is 8.38. The molecule has 0 aliphatic carbocycles. The lowest BCUT2D eigenvalue weighted by Crippen LogP contribution is -1.63. The van der Waals surface area contributed by atoms with Crippen LogP contribution in [-0.2, 0) is 4.79 Å². The standard InChI is InChI=1S/C5H4ClN.C2H3BrO/c6-5-1-3-7-4-2-5;3-1-2-4/h1-4H;2H,1H2. The average molecular weight is 236 g/mol. The second kappa shape index (κ2) is 7.69. The quantitative estimate of drug-likeness (QED) is 0.553. The molecular formula is C7H7BrClNO. The molecular weight excluding hydrogens is 229 g/mol. The van der Waals surface area contributed by atoms with Gasteiger partial charge in [-0.15, -0.1) is 0 Å². The van der Waals surface area contributed by atoms with E-state index in [0.29, 0.717) is 5.33 Å². The number of rotatable bonds is 1. The van der Waals surface area contributed by atoms with Gasteiger partial charge in [0.1, 0.15) is 6.29 Å². The molecule has 0 saturated carbocycles. The fourth-order valence-corrected chi connectivity index (χ4v) is 0.446. The third-order valence-electron chi connectivity index (χ3n) is 0.703. The molecule has 11 heavy (non-hydrogen) atoms. The number of hydrogen-bond donors (Lipinski definition) is 0. The summed E-state index contributed by atoms with van der Waals surface area (Å²) in [6.07, 6.45) is 4.10. The van der Waals surface area contributed by atoms with Gasteiger partial charge in [0.15, 0.2) is 0 Å².